The number of hydrogen-bond acceptors (Lipinski definition) is 8. The zero-order valence-corrected chi connectivity index (χ0v) is 23.6. The second kappa shape index (κ2) is 11.2. The fraction of sp³-hybridized carbons (Fsp3) is 0.120. The van der Waals surface area contributed by atoms with Crippen LogP contribution in [0.4, 0.5) is 27.5 Å². The minimum atomic E-state index is -4.23. The molecule has 0 amide bonds. The number of rotatable bonds is 4. The lowest BCUT2D eigenvalue weighted by molar-refractivity contribution is 0.580. The number of nitrogens with zero attached hydrogens (tertiary/aromatic N) is 2. The molecule has 0 unspecified atom stereocenters. The van der Waals surface area contributed by atoms with Gasteiger partial charge in [0, 0.05) is 30.5 Å². The van der Waals surface area contributed by atoms with E-state index in [1.807, 2.05) is 0 Å². The third kappa shape index (κ3) is 5.98. The molecule has 0 saturated heterocycles. The standard InChI is InChI=1S/C25H21Cl2FN6O4S2/c26-19-6-2-7-22(23(19)27)40(37,38)34-21-9-8-15(12-20(21)28)18-14-30-25-32-16-4-1-5-17(13-16)39(35,36)31-11-3-10-29-24(18)33-25/h1-2,4-9,12-14,31,34H,3,10-11H2,(H2,29,30,32,33). The van der Waals surface area contributed by atoms with Crippen molar-refractivity contribution in [1.29, 1.82) is 0 Å². The summed E-state index contributed by atoms with van der Waals surface area (Å²) in [6, 6.07) is 14.3. The van der Waals surface area contributed by atoms with Gasteiger partial charge < -0.3 is 10.6 Å². The quantitative estimate of drug-likeness (QED) is 0.242. The summed E-state index contributed by atoms with van der Waals surface area (Å²) in [6.07, 6.45) is 1.92. The number of nitrogens with one attached hydrogen (secondary N) is 4. The van der Waals surface area contributed by atoms with Crippen molar-refractivity contribution >= 4 is 66.4 Å². The van der Waals surface area contributed by atoms with Crippen molar-refractivity contribution in [3.8, 4) is 11.1 Å². The Hall–Kier alpha value is -3.49. The molecule has 0 radical (unpaired) electrons. The molecule has 10 nitrogen and oxygen atoms in total. The van der Waals surface area contributed by atoms with Gasteiger partial charge in [0.1, 0.15) is 16.5 Å². The summed E-state index contributed by atoms with van der Waals surface area (Å²) in [5.41, 5.74) is 0.991. The van der Waals surface area contributed by atoms with E-state index in [0.29, 0.717) is 35.6 Å². The molecule has 1 aliphatic rings. The largest absolute Gasteiger partial charge is 0.369 e. The highest BCUT2D eigenvalue weighted by Gasteiger charge is 2.22. The van der Waals surface area contributed by atoms with Crippen LogP contribution in [0.1, 0.15) is 6.42 Å². The molecule has 0 spiro atoms. The first-order valence-corrected chi connectivity index (χ1v) is 15.5. The average molecular weight is 624 g/mol. The van der Waals surface area contributed by atoms with Gasteiger partial charge in [-0.2, -0.15) is 4.98 Å². The van der Waals surface area contributed by atoms with E-state index >= 15 is 4.39 Å². The number of anilines is 4. The SMILES string of the molecule is O=S1(=O)NCCCNc2nc(ncc2-c2ccc(NS(=O)(=O)c3cccc(Cl)c3Cl)c(F)c2)Nc2cccc1c2. The second-order valence-electron chi connectivity index (χ2n) is 8.64. The minimum Gasteiger partial charge on any atom is -0.369 e. The normalized spacial score (nSPS) is 15.0. The zero-order valence-electron chi connectivity index (χ0n) is 20.4. The lowest BCUT2D eigenvalue weighted by Crippen LogP contribution is -2.26. The van der Waals surface area contributed by atoms with Gasteiger partial charge >= 0.3 is 0 Å². The fourth-order valence-corrected chi connectivity index (χ4v) is 6.85. The molecule has 1 aromatic heterocycles. The summed E-state index contributed by atoms with van der Waals surface area (Å²) in [6.45, 7) is 0.532. The molecule has 0 saturated carbocycles. The van der Waals surface area contributed by atoms with Crippen LogP contribution in [0.2, 0.25) is 10.0 Å². The molecule has 4 aromatic rings. The average Bonchev–Trinajstić information content (AvgIpc) is 2.91. The number of hydrogen-bond donors (Lipinski definition) is 4. The van der Waals surface area contributed by atoms with Crippen LogP contribution < -0.4 is 20.1 Å². The van der Waals surface area contributed by atoms with Crippen LogP contribution in [-0.4, -0.2) is 39.9 Å². The maximum Gasteiger partial charge on any atom is 0.263 e. The summed E-state index contributed by atoms with van der Waals surface area (Å²) in [4.78, 5) is 8.63. The van der Waals surface area contributed by atoms with E-state index in [2.05, 4.69) is 30.0 Å². The van der Waals surface area contributed by atoms with Crippen LogP contribution in [0.3, 0.4) is 0 Å². The van der Waals surface area contributed by atoms with Crippen molar-refractivity contribution < 1.29 is 21.2 Å². The fourth-order valence-electron chi connectivity index (χ4n) is 3.90. The third-order valence-electron chi connectivity index (χ3n) is 5.86. The van der Waals surface area contributed by atoms with Crippen LogP contribution >= 0.6 is 23.2 Å². The molecule has 3 aromatic carbocycles. The van der Waals surface area contributed by atoms with E-state index in [1.54, 1.807) is 12.1 Å². The Morgan fingerprint density at radius 2 is 1.80 bits per heavy atom. The zero-order chi connectivity index (χ0) is 28.5. The van der Waals surface area contributed by atoms with Crippen molar-refractivity contribution in [2.45, 2.75) is 16.2 Å². The summed E-state index contributed by atoms with van der Waals surface area (Å²) in [7, 11) is -7.93. The van der Waals surface area contributed by atoms with Gasteiger partial charge in [-0.05, 0) is 54.4 Å². The van der Waals surface area contributed by atoms with E-state index in [9.17, 15) is 16.8 Å². The van der Waals surface area contributed by atoms with Gasteiger partial charge in [0.15, 0.2) is 0 Å². The van der Waals surface area contributed by atoms with E-state index in [4.69, 9.17) is 23.2 Å². The maximum absolute atomic E-state index is 15.2. The molecule has 4 bridgehead atoms. The van der Waals surface area contributed by atoms with Gasteiger partial charge in [-0.3, -0.25) is 4.72 Å². The first-order chi connectivity index (χ1) is 19.0. The third-order valence-corrected chi connectivity index (χ3v) is 9.65. The molecular formula is C25H21Cl2FN6O4S2. The Labute approximate surface area is 240 Å². The van der Waals surface area contributed by atoms with E-state index < -0.39 is 25.9 Å². The highest BCUT2D eigenvalue weighted by molar-refractivity contribution is 7.92. The van der Waals surface area contributed by atoms with E-state index in [1.165, 1.54) is 48.7 Å². The number of halogens is 3. The molecule has 0 atom stereocenters. The summed E-state index contributed by atoms with van der Waals surface area (Å²) >= 11 is 12.0. The Morgan fingerprint density at radius 1 is 1.00 bits per heavy atom. The highest BCUT2D eigenvalue weighted by Crippen LogP contribution is 2.33. The predicted molar refractivity (Wildman–Crippen MR) is 153 cm³/mol. The Morgan fingerprint density at radius 3 is 2.60 bits per heavy atom. The predicted octanol–water partition coefficient (Wildman–Crippen LogP) is 5.23. The summed E-state index contributed by atoms with van der Waals surface area (Å²) in [5.74, 6) is -0.282. The molecular weight excluding hydrogens is 602 g/mol. The van der Waals surface area contributed by atoms with Crippen LogP contribution in [0.25, 0.3) is 11.1 Å². The first kappa shape index (κ1) is 28.1. The molecule has 0 fully saturated rings. The topological polar surface area (TPSA) is 142 Å². The number of fused-ring (bicyclic) bond motifs is 4. The highest BCUT2D eigenvalue weighted by atomic mass is 35.5. The molecule has 208 valence electrons. The molecule has 2 heterocycles. The van der Waals surface area contributed by atoms with Crippen molar-refractivity contribution in [3.63, 3.8) is 0 Å². The van der Waals surface area contributed by atoms with Gasteiger partial charge in [-0.25, -0.2) is 30.9 Å². The van der Waals surface area contributed by atoms with Crippen molar-refractivity contribution in [2.24, 2.45) is 0 Å². The lowest BCUT2D eigenvalue weighted by Gasteiger charge is -2.15. The van der Waals surface area contributed by atoms with Gasteiger partial charge in [-0.15, -0.1) is 0 Å². The lowest BCUT2D eigenvalue weighted by atomic mass is 10.1. The number of sulfonamides is 2. The van der Waals surface area contributed by atoms with E-state index in [0.717, 1.165) is 6.07 Å². The molecule has 15 heteroatoms. The molecule has 40 heavy (non-hydrogen) atoms. The minimum absolute atomic E-state index is 0.0463. The number of benzene rings is 3. The molecule has 0 aliphatic carbocycles. The first-order valence-electron chi connectivity index (χ1n) is 11.8. The van der Waals surface area contributed by atoms with Gasteiger partial charge in [0.25, 0.3) is 10.0 Å². The Bertz CT molecular complexity index is 1820. The summed E-state index contributed by atoms with van der Waals surface area (Å²) in [5, 5.41) is 6.00. The Balaban J connectivity index is 1.45. The van der Waals surface area contributed by atoms with Crippen molar-refractivity contribution in [1.82, 2.24) is 14.7 Å². The molecule has 5 rings (SSSR count). The van der Waals surface area contributed by atoms with Crippen molar-refractivity contribution in [3.05, 3.63) is 82.7 Å². The van der Waals surface area contributed by atoms with Crippen LogP contribution in [0.15, 0.2) is 76.7 Å². The van der Waals surface area contributed by atoms with Gasteiger partial charge in [0.05, 0.1) is 20.6 Å². The van der Waals surface area contributed by atoms with E-state index in [-0.39, 0.29) is 38.0 Å². The monoisotopic (exact) mass is 622 g/mol. The summed E-state index contributed by atoms with van der Waals surface area (Å²) < 4.78 is 70.7. The molecule has 1 aliphatic heterocycles. The maximum atomic E-state index is 15.2. The Kier molecular flexibility index (Phi) is 7.84. The van der Waals surface area contributed by atoms with Crippen LogP contribution in [0, 0.1) is 5.82 Å². The second-order valence-corrected chi connectivity index (χ2v) is 12.8. The van der Waals surface area contributed by atoms with Gasteiger partial charge in [-0.1, -0.05) is 41.4 Å². The van der Waals surface area contributed by atoms with Crippen LogP contribution in [0.5, 0.6) is 0 Å². The number of aromatic nitrogens is 2. The molecule has 4 N–H and O–H groups in total. The van der Waals surface area contributed by atoms with Gasteiger partial charge in [0.2, 0.25) is 16.0 Å². The van der Waals surface area contributed by atoms with Crippen molar-refractivity contribution in [2.75, 3.05) is 28.4 Å². The smallest absolute Gasteiger partial charge is 0.263 e. The van der Waals surface area contributed by atoms with Crippen LogP contribution in [-0.2, 0) is 20.0 Å².